The third-order valence-electron chi connectivity index (χ3n) is 5.51. The fraction of sp³-hybridized carbons (Fsp3) is 0.217. The zero-order valence-electron chi connectivity index (χ0n) is 16.8. The van der Waals surface area contributed by atoms with E-state index >= 15 is 0 Å². The molecule has 0 radical (unpaired) electrons. The molecule has 7 heteroatoms. The molecule has 1 aliphatic rings. The summed E-state index contributed by atoms with van der Waals surface area (Å²) in [6, 6.07) is 16.4. The van der Waals surface area contributed by atoms with Gasteiger partial charge < -0.3 is 9.80 Å². The fourth-order valence-electron chi connectivity index (χ4n) is 3.95. The Morgan fingerprint density at radius 2 is 1.83 bits per heavy atom. The highest BCUT2D eigenvalue weighted by Crippen LogP contribution is 2.21. The molecular formula is C23H22N6O. The number of amides is 1. The van der Waals surface area contributed by atoms with Crippen LogP contribution in [0, 0.1) is 6.92 Å². The summed E-state index contributed by atoms with van der Waals surface area (Å²) in [5.41, 5.74) is 1.96. The molecule has 5 rings (SSSR count). The van der Waals surface area contributed by atoms with Crippen molar-refractivity contribution in [2.75, 3.05) is 31.1 Å². The zero-order chi connectivity index (χ0) is 20.5. The molecule has 0 N–H and O–H groups in total. The minimum atomic E-state index is 0.0411. The number of carbonyl (C=O) groups is 1. The third kappa shape index (κ3) is 3.39. The van der Waals surface area contributed by atoms with Crippen LogP contribution in [-0.2, 0) is 4.79 Å². The van der Waals surface area contributed by atoms with E-state index in [4.69, 9.17) is 0 Å². The number of hydrogen-bond donors (Lipinski definition) is 0. The van der Waals surface area contributed by atoms with Crippen LogP contribution in [0.2, 0.25) is 0 Å². The van der Waals surface area contributed by atoms with Crippen molar-refractivity contribution in [3.63, 3.8) is 0 Å². The summed E-state index contributed by atoms with van der Waals surface area (Å²) >= 11 is 0. The van der Waals surface area contributed by atoms with Gasteiger partial charge in [-0.1, -0.05) is 42.5 Å². The Bertz CT molecular complexity index is 1250. The van der Waals surface area contributed by atoms with Gasteiger partial charge in [0.1, 0.15) is 12.1 Å². The van der Waals surface area contributed by atoms with E-state index in [-0.39, 0.29) is 5.91 Å². The highest BCUT2D eigenvalue weighted by Gasteiger charge is 2.22. The van der Waals surface area contributed by atoms with Crippen molar-refractivity contribution in [1.82, 2.24) is 24.5 Å². The van der Waals surface area contributed by atoms with Crippen LogP contribution < -0.4 is 4.90 Å². The first-order valence-electron chi connectivity index (χ1n) is 10.1. The molecule has 0 unspecified atom stereocenters. The average molecular weight is 398 g/mol. The number of carbonyl (C=O) groups excluding carboxylic acids is 1. The summed E-state index contributed by atoms with van der Waals surface area (Å²) in [5, 5.41) is 6.61. The van der Waals surface area contributed by atoms with Crippen molar-refractivity contribution in [2.45, 2.75) is 6.92 Å². The molecule has 0 spiro atoms. The monoisotopic (exact) mass is 398 g/mol. The highest BCUT2D eigenvalue weighted by atomic mass is 16.2. The van der Waals surface area contributed by atoms with Gasteiger partial charge in [-0.3, -0.25) is 4.79 Å². The predicted octanol–water partition coefficient (Wildman–Crippen LogP) is 2.95. The Morgan fingerprint density at radius 1 is 1.03 bits per heavy atom. The lowest BCUT2D eigenvalue weighted by molar-refractivity contribution is -0.126. The summed E-state index contributed by atoms with van der Waals surface area (Å²) in [4.78, 5) is 25.5. The maximum absolute atomic E-state index is 12.8. The van der Waals surface area contributed by atoms with Crippen molar-refractivity contribution in [3.05, 3.63) is 72.2 Å². The first-order chi connectivity index (χ1) is 14.7. The minimum Gasteiger partial charge on any atom is -0.353 e. The molecule has 1 fully saturated rings. The predicted molar refractivity (Wildman–Crippen MR) is 117 cm³/mol. The van der Waals surface area contributed by atoms with E-state index < -0.39 is 0 Å². The van der Waals surface area contributed by atoms with Crippen LogP contribution in [0.15, 0.2) is 60.9 Å². The van der Waals surface area contributed by atoms with Gasteiger partial charge in [-0.25, -0.2) is 4.98 Å². The standard InChI is InChI=1S/C23H22N6O/c1-17-15-21(29-23(26-17)24-16-25-29)27-11-13-28(14-12-27)22(30)10-9-19-7-4-6-18-5-2-3-8-20(18)19/h2-10,15-16H,11-14H2,1H3/b10-9+. The molecule has 7 nitrogen and oxygen atoms in total. The number of hydrogen-bond acceptors (Lipinski definition) is 5. The fourth-order valence-corrected chi connectivity index (χ4v) is 3.95. The van der Waals surface area contributed by atoms with Gasteiger partial charge in [0.05, 0.1) is 0 Å². The Labute approximate surface area is 174 Å². The Morgan fingerprint density at radius 3 is 2.70 bits per heavy atom. The van der Waals surface area contributed by atoms with E-state index in [2.05, 4.69) is 38.2 Å². The molecule has 2 aromatic heterocycles. The summed E-state index contributed by atoms with van der Waals surface area (Å²) in [7, 11) is 0. The van der Waals surface area contributed by atoms with Crippen molar-refractivity contribution in [1.29, 1.82) is 0 Å². The molecule has 0 saturated carbocycles. The van der Waals surface area contributed by atoms with E-state index in [1.165, 1.54) is 11.7 Å². The van der Waals surface area contributed by atoms with Crippen LogP contribution in [-0.4, -0.2) is 56.6 Å². The van der Waals surface area contributed by atoms with Gasteiger partial charge in [0.15, 0.2) is 0 Å². The van der Waals surface area contributed by atoms with Crippen molar-refractivity contribution in [2.24, 2.45) is 0 Å². The van der Waals surface area contributed by atoms with E-state index in [0.29, 0.717) is 18.9 Å². The number of piperazine rings is 1. The molecule has 0 bridgehead atoms. The number of benzene rings is 2. The van der Waals surface area contributed by atoms with Crippen LogP contribution in [0.3, 0.4) is 0 Å². The minimum absolute atomic E-state index is 0.0411. The molecule has 0 atom stereocenters. The summed E-state index contributed by atoms with van der Waals surface area (Å²) < 4.78 is 1.75. The maximum Gasteiger partial charge on any atom is 0.254 e. The van der Waals surface area contributed by atoms with E-state index in [9.17, 15) is 4.79 Å². The Hall–Kier alpha value is -3.74. The second-order valence-corrected chi connectivity index (χ2v) is 7.44. The molecule has 4 aromatic rings. The largest absolute Gasteiger partial charge is 0.353 e. The molecule has 3 heterocycles. The van der Waals surface area contributed by atoms with E-state index in [0.717, 1.165) is 35.6 Å². The van der Waals surface area contributed by atoms with Gasteiger partial charge >= 0.3 is 0 Å². The van der Waals surface area contributed by atoms with Crippen molar-refractivity contribution >= 4 is 34.4 Å². The number of anilines is 1. The Kier molecular flexibility index (Phi) is 4.63. The number of aryl methyl sites for hydroxylation is 1. The summed E-state index contributed by atoms with van der Waals surface area (Å²) in [6.45, 7) is 4.76. The van der Waals surface area contributed by atoms with Gasteiger partial charge in [0.25, 0.3) is 5.78 Å². The summed E-state index contributed by atoms with van der Waals surface area (Å²) in [6.07, 6.45) is 5.12. The highest BCUT2D eigenvalue weighted by molar-refractivity contribution is 5.96. The maximum atomic E-state index is 12.8. The van der Waals surface area contributed by atoms with Gasteiger partial charge in [0.2, 0.25) is 5.91 Å². The smallest absolute Gasteiger partial charge is 0.254 e. The van der Waals surface area contributed by atoms with Crippen LogP contribution in [0.5, 0.6) is 0 Å². The average Bonchev–Trinajstić information content (AvgIpc) is 3.25. The molecule has 0 aliphatic carbocycles. The quantitative estimate of drug-likeness (QED) is 0.497. The van der Waals surface area contributed by atoms with Crippen molar-refractivity contribution in [3.8, 4) is 0 Å². The van der Waals surface area contributed by atoms with Crippen LogP contribution in [0.25, 0.3) is 22.6 Å². The van der Waals surface area contributed by atoms with Gasteiger partial charge in [0, 0.05) is 44.0 Å². The Balaban J connectivity index is 1.29. The molecular weight excluding hydrogens is 376 g/mol. The van der Waals surface area contributed by atoms with Crippen molar-refractivity contribution < 1.29 is 4.79 Å². The SMILES string of the molecule is Cc1cc(N2CCN(C(=O)/C=C/c3cccc4ccccc34)CC2)n2ncnc2n1. The zero-order valence-corrected chi connectivity index (χ0v) is 16.8. The molecule has 30 heavy (non-hydrogen) atoms. The second-order valence-electron chi connectivity index (χ2n) is 7.44. The first-order valence-corrected chi connectivity index (χ1v) is 10.1. The number of fused-ring (bicyclic) bond motifs is 2. The lowest BCUT2D eigenvalue weighted by atomic mass is 10.0. The molecule has 150 valence electrons. The van der Waals surface area contributed by atoms with Gasteiger partial charge in [-0.2, -0.15) is 14.6 Å². The molecule has 1 amide bonds. The number of aromatic nitrogens is 4. The lowest BCUT2D eigenvalue weighted by Crippen LogP contribution is -2.48. The number of nitrogens with zero attached hydrogens (tertiary/aromatic N) is 6. The van der Waals surface area contributed by atoms with E-state index in [1.807, 2.05) is 48.2 Å². The van der Waals surface area contributed by atoms with Crippen LogP contribution in [0.4, 0.5) is 5.82 Å². The molecule has 1 saturated heterocycles. The second kappa shape index (κ2) is 7.59. The normalized spacial score (nSPS) is 14.8. The van der Waals surface area contributed by atoms with Crippen LogP contribution >= 0.6 is 0 Å². The van der Waals surface area contributed by atoms with Gasteiger partial charge in [-0.15, -0.1) is 0 Å². The topological polar surface area (TPSA) is 66.6 Å². The summed E-state index contributed by atoms with van der Waals surface area (Å²) in [5.74, 6) is 1.61. The number of rotatable bonds is 3. The molecule has 1 aliphatic heterocycles. The van der Waals surface area contributed by atoms with E-state index in [1.54, 1.807) is 10.6 Å². The first kappa shape index (κ1) is 18.3. The third-order valence-corrected chi connectivity index (χ3v) is 5.51. The van der Waals surface area contributed by atoms with Gasteiger partial charge in [-0.05, 0) is 29.3 Å². The van der Waals surface area contributed by atoms with Crippen LogP contribution in [0.1, 0.15) is 11.3 Å². The molecule has 2 aromatic carbocycles. The lowest BCUT2D eigenvalue weighted by Gasteiger charge is -2.35.